The van der Waals surface area contributed by atoms with E-state index in [1.54, 1.807) is 0 Å². The van der Waals surface area contributed by atoms with Crippen LogP contribution in [-0.4, -0.2) is 11.9 Å². The van der Waals surface area contributed by atoms with E-state index in [4.69, 9.17) is 0 Å². The minimum absolute atomic E-state index is 0.0283. The molecule has 2 heteroatoms. The van der Waals surface area contributed by atoms with Crippen molar-refractivity contribution in [2.45, 2.75) is 45.6 Å². The van der Waals surface area contributed by atoms with Gasteiger partial charge in [-0.2, -0.15) is 0 Å². The van der Waals surface area contributed by atoms with Crippen LogP contribution in [0.4, 0.5) is 0 Å². The van der Waals surface area contributed by atoms with Crippen molar-refractivity contribution in [3.8, 4) is 0 Å². The van der Waals surface area contributed by atoms with Gasteiger partial charge in [0.25, 0.3) is 0 Å². The highest BCUT2D eigenvalue weighted by molar-refractivity contribution is 5.87. The molecule has 1 saturated carbocycles. The number of nitrogens with one attached hydrogen (secondary N) is 1. The van der Waals surface area contributed by atoms with Crippen LogP contribution in [-0.2, 0) is 4.79 Å². The van der Waals surface area contributed by atoms with Gasteiger partial charge in [-0.15, -0.1) is 0 Å². The molecule has 1 amide bonds. The molecule has 1 aliphatic rings. The molecule has 2 atom stereocenters. The number of carbonyl (C=O) groups is 1. The van der Waals surface area contributed by atoms with Crippen LogP contribution < -0.4 is 5.32 Å². The molecule has 2 nitrogen and oxygen atoms in total. The van der Waals surface area contributed by atoms with Crippen molar-refractivity contribution in [2.75, 3.05) is 0 Å². The molecule has 0 saturated heterocycles. The summed E-state index contributed by atoms with van der Waals surface area (Å²) in [5, 5.41) is 3.00. The summed E-state index contributed by atoms with van der Waals surface area (Å²) >= 11 is 0. The van der Waals surface area contributed by atoms with E-state index in [1.807, 2.05) is 0 Å². The Morgan fingerprint density at radius 1 is 1.50 bits per heavy atom. The Balaban J connectivity index is 2.39. The maximum Gasteiger partial charge on any atom is 0.243 e. The molecule has 0 radical (unpaired) electrons. The van der Waals surface area contributed by atoms with Gasteiger partial charge < -0.3 is 5.32 Å². The highest BCUT2D eigenvalue weighted by Gasteiger charge is 2.24. The van der Waals surface area contributed by atoms with Crippen LogP contribution in [0.1, 0.15) is 39.5 Å². The molecule has 0 aromatic carbocycles. The van der Waals surface area contributed by atoms with Gasteiger partial charge in [0, 0.05) is 6.04 Å². The van der Waals surface area contributed by atoms with E-state index < -0.39 is 0 Å². The van der Waals surface area contributed by atoms with E-state index >= 15 is 0 Å². The van der Waals surface area contributed by atoms with Gasteiger partial charge >= 0.3 is 0 Å². The maximum absolute atomic E-state index is 11.1. The summed E-state index contributed by atoms with van der Waals surface area (Å²) in [5.41, 5.74) is 0. The average molecular weight is 195 g/mol. The lowest BCUT2D eigenvalue weighted by atomic mass is 9.79. The second-order valence-corrected chi connectivity index (χ2v) is 4.58. The summed E-state index contributed by atoms with van der Waals surface area (Å²) in [6.07, 6.45) is 6.18. The first-order valence-corrected chi connectivity index (χ1v) is 5.56. The van der Waals surface area contributed by atoms with Crippen molar-refractivity contribution in [1.29, 1.82) is 0 Å². The van der Waals surface area contributed by atoms with Crippen LogP contribution in [0.3, 0.4) is 0 Å². The molecule has 0 heterocycles. The zero-order chi connectivity index (χ0) is 10.6. The van der Waals surface area contributed by atoms with Crippen molar-refractivity contribution < 1.29 is 4.79 Å². The van der Waals surface area contributed by atoms with Crippen LogP contribution in [0.5, 0.6) is 0 Å². The summed E-state index contributed by atoms with van der Waals surface area (Å²) in [4.78, 5) is 11.1. The van der Waals surface area contributed by atoms with Crippen LogP contribution in [0, 0.1) is 11.8 Å². The van der Waals surface area contributed by atoms with Crippen LogP contribution in [0.2, 0.25) is 0 Å². The molecular formula is C12H21NO. The number of amides is 1. The lowest BCUT2D eigenvalue weighted by Crippen LogP contribution is -2.38. The first kappa shape index (κ1) is 11.3. The summed E-state index contributed by atoms with van der Waals surface area (Å²) in [5.74, 6) is 1.48. The molecular weight excluding hydrogens is 174 g/mol. The Morgan fingerprint density at radius 3 is 2.79 bits per heavy atom. The van der Waals surface area contributed by atoms with Crippen molar-refractivity contribution in [3.05, 3.63) is 12.7 Å². The van der Waals surface area contributed by atoms with Crippen molar-refractivity contribution in [3.63, 3.8) is 0 Å². The van der Waals surface area contributed by atoms with Gasteiger partial charge in [0.1, 0.15) is 0 Å². The summed E-state index contributed by atoms with van der Waals surface area (Å²) < 4.78 is 0. The van der Waals surface area contributed by atoms with Gasteiger partial charge in [-0.25, -0.2) is 0 Å². The van der Waals surface area contributed by atoms with Crippen molar-refractivity contribution in [1.82, 2.24) is 5.32 Å². The maximum atomic E-state index is 11.1. The third-order valence-electron chi connectivity index (χ3n) is 3.19. The Hall–Kier alpha value is -0.790. The smallest absolute Gasteiger partial charge is 0.243 e. The molecule has 0 bridgehead atoms. The Kier molecular flexibility index (Phi) is 4.18. The van der Waals surface area contributed by atoms with Crippen molar-refractivity contribution in [2.24, 2.45) is 11.8 Å². The number of hydrogen-bond acceptors (Lipinski definition) is 1. The van der Waals surface area contributed by atoms with Crippen molar-refractivity contribution >= 4 is 5.91 Å². The fourth-order valence-electron chi connectivity index (χ4n) is 2.22. The largest absolute Gasteiger partial charge is 0.350 e. The minimum atomic E-state index is -0.0283. The van der Waals surface area contributed by atoms with Gasteiger partial charge in [-0.3, -0.25) is 4.79 Å². The first-order chi connectivity index (χ1) is 6.63. The SMILES string of the molecule is C=CC(=O)N[C@@H]1CCC[C@H](C(C)C)C1. The third-order valence-corrected chi connectivity index (χ3v) is 3.19. The molecule has 0 aliphatic heterocycles. The van der Waals surface area contributed by atoms with E-state index in [1.165, 1.54) is 18.9 Å². The molecule has 1 aliphatic carbocycles. The monoisotopic (exact) mass is 195 g/mol. The second kappa shape index (κ2) is 5.18. The Labute approximate surface area is 86.8 Å². The molecule has 1 N–H and O–H groups in total. The van der Waals surface area contributed by atoms with Crippen LogP contribution in [0.25, 0.3) is 0 Å². The minimum Gasteiger partial charge on any atom is -0.350 e. The van der Waals surface area contributed by atoms with E-state index in [0.717, 1.165) is 24.7 Å². The summed E-state index contributed by atoms with van der Waals surface area (Å²) in [6.45, 7) is 8.00. The average Bonchev–Trinajstić information content (AvgIpc) is 2.18. The van der Waals surface area contributed by atoms with E-state index in [-0.39, 0.29) is 5.91 Å². The van der Waals surface area contributed by atoms with Crippen LogP contribution >= 0.6 is 0 Å². The normalized spacial score (nSPS) is 27.4. The fraction of sp³-hybridized carbons (Fsp3) is 0.750. The first-order valence-electron chi connectivity index (χ1n) is 5.56. The molecule has 80 valence electrons. The molecule has 0 aromatic rings. The predicted octanol–water partition coefficient (Wildman–Crippen LogP) is 2.50. The predicted molar refractivity (Wildman–Crippen MR) is 58.9 cm³/mol. The molecule has 14 heavy (non-hydrogen) atoms. The summed E-state index contributed by atoms with van der Waals surface area (Å²) in [7, 11) is 0. The lowest BCUT2D eigenvalue weighted by molar-refractivity contribution is -0.117. The van der Waals surface area contributed by atoms with Gasteiger partial charge in [-0.05, 0) is 30.8 Å². The zero-order valence-electron chi connectivity index (χ0n) is 9.25. The number of rotatable bonds is 3. The fourth-order valence-corrected chi connectivity index (χ4v) is 2.22. The third kappa shape index (κ3) is 3.17. The Morgan fingerprint density at radius 2 is 2.21 bits per heavy atom. The van der Waals surface area contributed by atoms with E-state index in [0.29, 0.717) is 6.04 Å². The van der Waals surface area contributed by atoms with E-state index in [9.17, 15) is 4.79 Å². The topological polar surface area (TPSA) is 29.1 Å². The van der Waals surface area contributed by atoms with Gasteiger partial charge in [-0.1, -0.05) is 33.3 Å². The van der Waals surface area contributed by atoms with Gasteiger partial charge in [0.15, 0.2) is 0 Å². The van der Waals surface area contributed by atoms with E-state index in [2.05, 4.69) is 25.7 Å². The highest BCUT2D eigenvalue weighted by Crippen LogP contribution is 2.29. The molecule has 0 aromatic heterocycles. The second-order valence-electron chi connectivity index (χ2n) is 4.58. The molecule has 0 spiro atoms. The van der Waals surface area contributed by atoms with Crippen LogP contribution in [0.15, 0.2) is 12.7 Å². The number of carbonyl (C=O) groups excluding carboxylic acids is 1. The zero-order valence-corrected chi connectivity index (χ0v) is 9.25. The Bertz CT molecular complexity index is 210. The standard InChI is InChI=1S/C12H21NO/c1-4-12(14)13-11-7-5-6-10(8-11)9(2)3/h4,9-11H,1,5-8H2,2-3H3,(H,13,14)/t10-,11+/m0/s1. The molecule has 1 fully saturated rings. The quantitative estimate of drug-likeness (QED) is 0.689. The lowest BCUT2D eigenvalue weighted by Gasteiger charge is -2.31. The van der Waals surface area contributed by atoms with Gasteiger partial charge in [0.05, 0.1) is 0 Å². The number of hydrogen-bond donors (Lipinski definition) is 1. The highest BCUT2D eigenvalue weighted by atomic mass is 16.1. The summed E-state index contributed by atoms with van der Waals surface area (Å²) in [6, 6.07) is 0.377. The van der Waals surface area contributed by atoms with Gasteiger partial charge in [0.2, 0.25) is 5.91 Å². The molecule has 1 rings (SSSR count). The molecule has 0 unspecified atom stereocenters.